The zero-order chi connectivity index (χ0) is 15.4. The van der Waals surface area contributed by atoms with Crippen LogP contribution in [-0.2, 0) is 11.2 Å². The standard InChI is InChI=1S/C15H11Cl3O3/c16-10-3-5-12(6-4-10)21-14(15(19)20)7-9-1-2-11(17)8-13(9)18/h1-6,8,14H,7H2,(H,19,20)/t14-/m0/s1. The quantitative estimate of drug-likeness (QED) is 0.852. The molecule has 0 bridgehead atoms. The molecular formula is C15H11Cl3O3. The summed E-state index contributed by atoms with van der Waals surface area (Å²) in [5, 5.41) is 10.7. The number of benzene rings is 2. The van der Waals surface area contributed by atoms with Gasteiger partial charge < -0.3 is 9.84 Å². The van der Waals surface area contributed by atoms with Gasteiger partial charge in [-0.05, 0) is 42.0 Å². The van der Waals surface area contributed by atoms with E-state index >= 15 is 0 Å². The van der Waals surface area contributed by atoms with Crippen LogP contribution in [0.5, 0.6) is 5.75 Å². The van der Waals surface area contributed by atoms with Gasteiger partial charge in [-0.25, -0.2) is 4.79 Å². The number of carboxylic acid groups (broad SMARTS) is 1. The van der Waals surface area contributed by atoms with Gasteiger partial charge in [0, 0.05) is 21.5 Å². The fraction of sp³-hybridized carbons (Fsp3) is 0.133. The maximum absolute atomic E-state index is 11.3. The number of carboxylic acids is 1. The maximum atomic E-state index is 11.3. The first-order valence-corrected chi connectivity index (χ1v) is 7.18. The van der Waals surface area contributed by atoms with Crippen molar-refractivity contribution in [2.75, 3.05) is 0 Å². The Morgan fingerprint density at radius 2 is 1.67 bits per heavy atom. The third-order valence-electron chi connectivity index (χ3n) is 2.79. The van der Waals surface area contributed by atoms with E-state index < -0.39 is 12.1 Å². The lowest BCUT2D eigenvalue weighted by Crippen LogP contribution is -2.29. The molecule has 2 aromatic rings. The van der Waals surface area contributed by atoms with Gasteiger partial charge in [0.05, 0.1) is 0 Å². The van der Waals surface area contributed by atoms with Crippen molar-refractivity contribution >= 4 is 40.8 Å². The Labute approximate surface area is 137 Å². The van der Waals surface area contributed by atoms with Gasteiger partial charge in [0.2, 0.25) is 0 Å². The first kappa shape index (κ1) is 16.0. The Morgan fingerprint density at radius 3 is 2.24 bits per heavy atom. The molecule has 1 atom stereocenters. The summed E-state index contributed by atoms with van der Waals surface area (Å²) in [4.78, 5) is 11.3. The van der Waals surface area contributed by atoms with Crippen LogP contribution in [0.4, 0.5) is 0 Å². The van der Waals surface area contributed by atoms with Crippen molar-refractivity contribution < 1.29 is 14.6 Å². The molecule has 2 aromatic carbocycles. The molecule has 0 saturated heterocycles. The Bertz CT molecular complexity index is 641. The topological polar surface area (TPSA) is 46.5 Å². The number of hydrogen-bond donors (Lipinski definition) is 1. The molecule has 1 N–H and O–H groups in total. The molecule has 2 rings (SSSR count). The van der Waals surface area contributed by atoms with E-state index in [1.54, 1.807) is 42.5 Å². The minimum absolute atomic E-state index is 0.133. The summed E-state index contributed by atoms with van der Waals surface area (Å²) in [6.07, 6.45) is -0.918. The second-order valence-electron chi connectivity index (χ2n) is 4.34. The average Bonchev–Trinajstić information content (AvgIpc) is 2.43. The molecule has 0 heterocycles. The summed E-state index contributed by atoms with van der Waals surface area (Å²) >= 11 is 17.6. The smallest absolute Gasteiger partial charge is 0.345 e. The number of rotatable bonds is 5. The molecule has 0 aliphatic rings. The van der Waals surface area contributed by atoms with E-state index in [4.69, 9.17) is 39.5 Å². The second kappa shape index (κ2) is 7.03. The van der Waals surface area contributed by atoms with Gasteiger partial charge in [-0.15, -0.1) is 0 Å². The van der Waals surface area contributed by atoms with E-state index in [-0.39, 0.29) is 6.42 Å². The molecule has 0 aliphatic heterocycles. The summed E-state index contributed by atoms with van der Waals surface area (Å²) < 4.78 is 5.47. The third-order valence-corrected chi connectivity index (χ3v) is 3.63. The van der Waals surface area contributed by atoms with Crippen molar-refractivity contribution in [1.82, 2.24) is 0 Å². The van der Waals surface area contributed by atoms with Crippen LogP contribution in [0.2, 0.25) is 15.1 Å². The number of ether oxygens (including phenoxy) is 1. The summed E-state index contributed by atoms with van der Waals surface area (Å²) in [5.74, 6) is -0.646. The van der Waals surface area contributed by atoms with Crippen molar-refractivity contribution in [3.8, 4) is 5.75 Å². The predicted octanol–water partition coefficient (Wildman–Crippen LogP) is 4.72. The lowest BCUT2D eigenvalue weighted by Gasteiger charge is -2.16. The lowest BCUT2D eigenvalue weighted by atomic mass is 10.1. The number of hydrogen-bond acceptors (Lipinski definition) is 2. The van der Waals surface area contributed by atoms with E-state index in [1.807, 2.05) is 0 Å². The first-order chi connectivity index (χ1) is 9.95. The van der Waals surface area contributed by atoms with E-state index in [9.17, 15) is 9.90 Å². The van der Waals surface area contributed by atoms with Crippen molar-refractivity contribution in [2.24, 2.45) is 0 Å². The molecule has 0 fully saturated rings. The van der Waals surface area contributed by atoms with Crippen LogP contribution in [0, 0.1) is 0 Å². The van der Waals surface area contributed by atoms with Crippen LogP contribution < -0.4 is 4.74 Å². The zero-order valence-corrected chi connectivity index (χ0v) is 13.0. The molecule has 21 heavy (non-hydrogen) atoms. The van der Waals surface area contributed by atoms with Gasteiger partial charge in [0.25, 0.3) is 0 Å². The molecule has 0 aliphatic carbocycles. The van der Waals surface area contributed by atoms with Gasteiger partial charge in [-0.2, -0.15) is 0 Å². The highest BCUT2D eigenvalue weighted by Crippen LogP contribution is 2.24. The zero-order valence-electron chi connectivity index (χ0n) is 10.7. The Balaban J connectivity index is 2.15. The van der Waals surface area contributed by atoms with Crippen molar-refractivity contribution in [2.45, 2.75) is 12.5 Å². The molecule has 110 valence electrons. The number of aliphatic carboxylic acids is 1. The SMILES string of the molecule is O=C(O)[C@H](Cc1ccc(Cl)cc1Cl)Oc1ccc(Cl)cc1. The fourth-order valence-electron chi connectivity index (χ4n) is 1.74. The molecule has 0 aromatic heterocycles. The minimum Gasteiger partial charge on any atom is -0.478 e. The molecular weight excluding hydrogens is 335 g/mol. The second-order valence-corrected chi connectivity index (χ2v) is 5.62. The maximum Gasteiger partial charge on any atom is 0.345 e. The van der Waals surface area contributed by atoms with Gasteiger partial charge in [0.1, 0.15) is 5.75 Å². The first-order valence-electron chi connectivity index (χ1n) is 6.04. The predicted molar refractivity (Wildman–Crippen MR) is 83.7 cm³/mol. The van der Waals surface area contributed by atoms with E-state index in [0.717, 1.165) is 0 Å². The number of carbonyl (C=O) groups is 1. The molecule has 0 saturated carbocycles. The highest BCUT2D eigenvalue weighted by molar-refractivity contribution is 6.35. The average molecular weight is 346 g/mol. The fourth-order valence-corrected chi connectivity index (χ4v) is 2.36. The summed E-state index contributed by atoms with van der Waals surface area (Å²) in [7, 11) is 0. The highest BCUT2D eigenvalue weighted by Gasteiger charge is 2.21. The lowest BCUT2D eigenvalue weighted by molar-refractivity contribution is -0.145. The van der Waals surface area contributed by atoms with E-state index in [2.05, 4.69) is 0 Å². The largest absolute Gasteiger partial charge is 0.478 e. The normalized spacial score (nSPS) is 12.0. The highest BCUT2D eigenvalue weighted by atomic mass is 35.5. The van der Waals surface area contributed by atoms with E-state index in [1.165, 1.54) is 0 Å². The van der Waals surface area contributed by atoms with Crippen LogP contribution in [0.25, 0.3) is 0 Å². The Kier molecular flexibility index (Phi) is 5.34. The Morgan fingerprint density at radius 1 is 1.05 bits per heavy atom. The van der Waals surface area contributed by atoms with Gasteiger partial charge in [-0.1, -0.05) is 40.9 Å². The van der Waals surface area contributed by atoms with Gasteiger partial charge in [-0.3, -0.25) is 0 Å². The molecule has 0 radical (unpaired) electrons. The summed E-state index contributed by atoms with van der Waals surface area (Å²) in [6.45, 7) is 0. The molecule has 0 amide bonds. The van der Waals surface area contributed by atoms with Crippen LogP contribution in [0.15, 0.2) is 42.5 Å². The number of halogens is 3. The van der Waals surface area contributed by atoms with E-state index in [0.29, 0.717) is 26.4 Å². The van der Waals surface area contributed by atoms with Crippen molar-refractivity contribution in [1.29, 1.82) is 0 Å². The summed E-state index contributed by atoms with van der Waals surface area (Å²) in [5.41, 5.74) is 0.655. The third kappa shape index (κ3) is 4.53. The molecule has 0 unspecified atom stereocenters. The van der Waals surface area contributed by atoms with Crippen LogP contribution in [-0.4, -0.2) is 17.2 Å². The molecule has 3 nitrogen and oxygen atoms in total. The minimum atomic E-state index is -1.07. The van der Waals surface area contributed by atoms with Crippen molar-refractivity contribution in [3.63, 3.8) is 0 Å². The Hall–Kier alpha value is -1.42. The van der Waals surface area contributed by atoms with Gasteiger partial charge >= 0.3 is 5.97 Å². The molecule has 6 heteroatoms. The monoisotopic (exact) mass is 344 g/mol. The van der Waals surface area contributed by atoms with Crippen LogP contribution >= 0.6 is 34.8 Å². The van der Waals surface area contributed by atoms with Crippen LogP contribution in [0.1, 0.15) is 5.56 Å². The van der Waals surface area contributed by atoms with Gasteiger partial charge in [0.15, 0.2) is 6.10 Å². The van der Waals surface area contributed by atoms with Crippen LogP contribution in [0.3, 0.4) is 0 Å². The molecule has 0 spiro atoms. The summed E-state index contributed by atoms with van der Waals surface area (Å²) in [6, 6.07) is 11.4. The van der Waals surface area contributed by atoms with Crippen molar-refractivity contribution in [3.05, 3.63) is 63.1 Å².